The molecule has 1 saturated carbocycles. The van der Waals surface area contributed by atoms with Crippen molar-refractivity contribution in [3.63, 3.8) is 0 Å². The molecule has 1 saturated heterocycles. The fourth-order valence-electron chi connectivity index (χ4n) is 2.70. The summed E-state index contributed by atoms with van der Waals surface area (Å²) in [7, 11) is 0. The number of hydrogen-bond acceptors (Lipinski definition) is 3. The summed E-state index contributed by atoms with van der Waals surface area (Å²) in [5.74, 6) is -0.796. The highest BCUT2D eigenvalue weighted by molar-refractivity contribution is 5.87. The third-order valence-corrected chi connectivity index (χ3v) is 4.13. The van der Waals surface area contributed by atoms with Crippen molar-refractivity contribution in [1.82, 2.24) is 10.2 Å². The molecule has 9 heteroatoms. The zero-order valence-corrected chi connectivity index (χ0v) is 15.2. The van der Waals surface area contributed by atoms with Crippen molar-refractivity contribution in [2.75, 3.05) is 19.6 Å². The van der Waals surface area contributed by atoms with Crippen LogP contribution in [0.2, 0.25) is 0 Å². The van der Waals surface area contributed by atoms with Gasteiger partial charge in [0.15, 0.2) is 0 Å². The molecular formula is C16H27F3N2O4. The number of rotatable bonds is 2. The molecule has 146 valence electrons. The number of fused-ring (bicyclic) bond motifs is 1. The molecule has 0 aromatic carbocycles. The molecule has 2 fully saturated rings. The van der Waals surface area contributed by atoms with Crippen LogP contribution in [0.25, 0.3) is 0 Å². The molecule has 2 rings (SSSR count). The first-order chi connectivity index (χ1) is 11.3. The van der Waals surface area contributed by atoms with Gasteiger partial charge in [0.05, 0.1) is 6.54 Å². The van der Waals surface area contributed by atoms with Gasteiger partial charge in [-0.05, 0) is 23.2 Å². The van der Waals surface area contributed by atoms with E-state index in [-0.39, 0.29) is 11.9 Å². The minimum atomic E-state index is -4.94. The smallest absolute Gasteiger partial charge is 0.471 e. The molecule has 6 nitrogen and oxygen atoms in total. The summed E-state index contributed by atoms with van der Waals surface area (Å²) in [4.78, 5) is 32.0. The Labute approximate surface area is 145 Å². The van der Waals surface area contributed by atoms with E-state index < -0.39 is 24.5 Å². The van der Waals surface area contributed by atoms with Gasteiger partial charge in [0.1, 0.15) is 0 Å². The molecule has 2 atom stereocenters. The Hall–Kier alpha value is -1.80. The topological polar surface area (TPSA) is 86.7 Å². The molecule has 1 aliphatic heterocycles. The summed E-state index contributed by atoms with van der Waals surface area (Å²) in [5.41, 5.74) is 0.242. The second kappa shape index (κ2) is 9.05. The van der Waals surface area contributed by atoms with Crippen molar-refractivity contribution < 1.29 is 32.7 Å². The van der Waals surface area contributed by atoms with Crippen LogP contribution in [0.1, 0.15) is 34.6 Å². The molecule has 1 heterocycles. The van der Waals surface area contributed by atoms with Crippen LogP contribution < -0.4 is 5.32 Å². The Kier molecular flexibility index (Phi) is 8.40. The number of carboxylic acid groups (broad SMARTS) is 1. The van der Waals surface area contributed by atoms with Crippen LogP contribution in [0.15, 0.2) is 0 Å². The zero-order valence-electron chi connectivity index (χ0n) is 15.2. The number of nitrogens with one attached hydrogen (secondary N) is 1. The van der Waals surface area contributed by atoms with Crippen molar-refractivity contribution >= 4 is 18.3 Å². The van der Waals surface area contributed by atoms with Crippen LogP contribution >= 0.6 is 0 Å². The average Bonchev–Trinajstić information content (AvgIpc) is 2.82. The Bertz CT molecular complexity index is 462. The van der Waals surface area contributed by atoms with Crippen LogP contribution in [0.5, 0.6) is 0 Å². The molecular weight excluding hydrogens is 341 g/mol. The first-order valence-electron chi connectivity index (χ1n) is 7.99. The number of likely N-dealkylation sites (tertiary alicyclic amines) is 1. The summed E-state index contributed by atoms with van der Waals surface area (Å²) >= 11 is 0. The van der Waals surface area contributed by atoms with Crippen molar-refractivity contribution in [1.29, 1.82) is 0 Å². The Morgan fingerprint density at radius 3 is 1.92 bits per heavy atom. The molecule has 0 spiro atoms. The predicted molar refractivity (Wildman–Crippen MR) is 85.6 cm³/mol. The SMILES string of the molecule is CC(C)C.CC1(C)C2CN(C(=O)CNC(=O)C(F)(F)F)C[C@H]21.O=CO. The summed E-state index contributed by atoms with van der Waals surface area (Å²) < 4.78 is 35.7. The summed E-state index contributed by atoms with van der Waals surface area (Å²) in [6, 6.07) is 0. The zero-order chi connectivity index (χ0) is 20.0. The second-order valence-electron chi connectivity index (χ2n) is 7.35. The van der Waals surface area contributed by atoms with Gasteiger partial charge in [0.25, 0.3) is 6.47 Å². The van der Waals surface area contributed by atoms with Gasteiger partial charge >= 0.3 is 12.1 Å². The van der Waals surface area contributed by atoms with E-state index in [4.69, 9.17) is 9.90 Å². The van der Waals surface area contributed by atoms with E-state index in [1.807, 2.05) is 0 Å². The Morgan fingerprint density at radius 2 is 1.60 bits per heavy atom. The molecule has 0 aromatic heterocycles. The summed E-state index contributed by atoms with van der Waals surface area (Å²) in [5, 5.41) is 8.48. The van der Waals surface area contributed by atoms with E-state index in [1.165, 1.54) is 4.90 Å². The van der Waals surface area contributed by atoms with Crippen LogP contribution in [-0.4, -0.2) is 54.1 Å². The lowest BCUT2D eigenvalue weighted by Gasteiger charge is -2.22. The fourth-order valence-corrected chi connectivity index (χ4v) is 2.70. The monoisotopic (exact) mass is 368 g/mol. The molecule has 1 unspecified atom stereocenters. The minimum Gasteiger partial charge on any atom is -0.483 e. The Balaban J connectivity index is 0.000000708. The summed E-state index contributed by atoms with van der Waals surface area (Å²) in [6.45, 7) is 11.1. The Morgan fingerprint density at radius 1 is 1.24 bits per heavy atom. The lowest BCUT2D eigenvalue weighted by atomic mass is 10.1. The van der Waals surface area contributed by atoms with Gasteiger partial charge < -0.3 is 15.3 Å². The van der Waals surface area contributed by atoms with Gasteiger partial charge in [-0.15, -0.1) is 0 Å². The molecule has 2 amide bonds. The fraction of sp³-hybridized carbons (Fsp3) is 0.812. The first-order valence-corrected chi connectivity index (χ1v) is 7.99. The number of nitrogens with zero attached hydrogens (tertiary/aromatic N) is 1. The standard InChI is InChI=1S/C11H15F3N2O2.C4H10.CH2O2/c1-10(2)6-4-16(5-7(6)10)8(17)3-15-9(18)11(12,13)14;1-4(2)3;2-1-3/h6-7H,3-5H2,1-2H3,(H,15,18);4H,1-3H3;1H,(H,2,3)/t6-,7?;;/m1../s1. The maximum Gasteiger partial charge on any atom is 0.471 e. The van der Waals surface area contributed by atoms with Crippen molar-refractivity contribution in [2.24, 2.45) is 23.2 Å². The van der Waals surface area contributed by atoms with Crippen LogP contribution in [0, 0.1) is 23.2 Å². The summed E-state index contributed by atoms with van der Waals surface area (Å²) in [6.07, 6.45) is -4.94. The molecule has 25 heavy (non-hydrogen) atoms. The molecule has 0 bridgehead atoms. The number of carbonyl (C=O) groups is 3. The third kappa shape index (κ3) is 7.31. The van der Waals surface area contributed by atoms with E-state index in [0.29, 0.717) is 24.9 Å². The van der Waals surface area contributed by atoms with E-state index in [0.717, 1.165) is 5.92 Å². The number of hydrogen-bond donors (Lipinski definition) is 2. The van der Waals surface area contributed by atoms with E-state index in [2.05, 4.69) is 34.6 Å². The first kappa shape index (κ1) is 23.2. The van der Waals surface area contributed by atoms with Gasteiger partial charge in [0.2, 0.25) is 5.91 Å². The molecule has 1 aliphatic carbocycles. The second-order valence-corrected chi connectivity index (χ2v) is 7.35. The van der Waals surface area contributed by atoms with Gasteiger partial charge in [-0.25, -0.2) is 0 Å². The molecule has 2 N–H and O–H groups in total. The highest BCUT2D eigenvalue weighted by atomic mass is 19.4. The van der Waals surface area contributed by atoms with Crippen molar-refractivity contribution in [2.45, 2.75) is 40.8 Å². The van der Waals surface area contributed by atoms with Crippen LogP contribution in [0.4, 0.5) is 13.2 Å². The highest BCUT2D eigenvalue weighted by Gasteiger charge is 2.62. The highest BCUT2D eigenvalue weighted by Crippen LogP contribution is 2.61. The van der Waals surface area contributed by atoms with Crippen molar-refractivity contribution in [3.8, 4) is 0 Å². The lowest BCUT2D eigenvalue weighted by molar-refractivity contribution is -0.174. The van der Waals surface area contributed by atoms with Gasteiger partial charge in [-0.2, -0.15) is 13.2 Å². The van der Waals surface area contributed by atoms with Crippen LogP contribution in [0.3, 0.4) is 0 Å². The van der Waals surface area contributed by atoms with E-state index >= 15 is 0 Å². The van der Waals surface area contributed by atoms with Gasteiger partial charge in [0, 0.05) is 13.1 Å². The third-order valence-electron chi connectivity index (χ3n) is 4.13. The lowest BCUT2D eigenvalue weighted by Crippen LogP contribution is -2.44. The quantitative estimate of drug-likeness (QED) is 0.731. The van der Waals surface area contributed by atoms with Gasteiger partial charge in [-0.1, -0.05) is 34.6 Å². The maximum absolute atomic E-state index is 11.9. The molecule has 2 aliphatic rings. The molecule has 0 radical (unpaired) electrons. The largest absolute Gasteiger partial charge is 0.483 e. The number of halogens is 3. The number of amides is 2. The predicted octanol–water partition coefficient (Wildman–Crippen LogP) is 2.14. The minimum absolute atomic E-state index is 0.242. The normalized spacial score (nSPS) is 22.7. The number of carbonyl (C=O) groups excluding carboxylic acids is 2. The van der Waals surface area contributed by atoms with Crippen LogP contribution in [-0.2, 0) is 14.4 Å². The van der Waals surface area contributed by atoms with Gasteiger partial charge in [-0.3, -0.25) is 14.4 Å². The van der Waals surface area contributed by atoms with E-state index in [9.17, 15) is 22.8 Å². The number of alkyl halides is 3. The van der Waals surface area contributed by atoms with E-state index in [1.54, 1.807) is 5.32 Å². The average molecular weight is 368 g/mol. The maximum atomic E-state index is 11.9. The number of piperidine rings is 1. The van der Waals surface area contributed by atoms with Crippen molar-refractivity contribution in [3.05, 3.63) is 0 Å². The molecule has 0 aromatic rings.